The van der Waals surface area contributed by atoms with Gasteiger partial charge in [-0.1, -0.05) is 36.4 Å². The summed E-state index contributed by atoms with van der Waals surface area (Å²) in [6.07, 6.45) is 0. The molecule has 108 valence electrons. The smallest absolute Gasteiger partial charge is 0.319 e. The highest BCUT2D eigenvalue weighted by atomic mass is 16.2. The minimum atomic E-state index is -0.253. The molecule has 0 heterocycles. The molecule has 0 unspecified atom stereocenters. The number of carbonyl (C=O) groups is 1. The molecule has 5 nitrogen and oxygen atoms in total. The fraction of sp³-hybridized carbons (Fsp3) is 0.125. The van der Waals surface area contributed by atoms with E-state index >= 15 is 0 Å². The molecule has 5 heteroatoms. The Kier molecular flexibility index (Phi) is 4.56. The van der Waals surface area contributed by atoms with Crippen LogP contribution in [-0.4, -0.2) is 11.9 Å². The SMILES string of the molecule is Cc1cccc(NC(=O)NCc2ccc(C(=N)N)cc2)c1. The van der Waals surface area contributed by atoms with Crippen molar-refractivity contribution in [2.24, 2.45) is 5.73 Å². The van der Waals surface area contributed by atoms with Gasteiger partial charge in [-0.3, -0.25) is 5.41 Å². The first-order valence-electron chi connectivity index (χ1n) is 6.59. The molecule has 2 aromatic rings. The number of nitrogens with one attached hydrogen (secondary N) is 3. The number of hydrogen-bond donors (Lipinski definition) is 4. The molecule has 0 spiro atoms. The Balaban J connectivity index is 1.87. The van der Waals surface area contributed by atoms with Crippen molar-refractivity contribution in [1.82, 2.24) is 5.32 Å². The van der Waals surface area contributed by atoms with Gasteiger partial charge in [-0.15, -0.1) is 0 Å². The first kappa shape index (κ1) is 14.6. The number of aryl methyl sites for hydroxylation is 1. The molecule has 0 saturated carbocycles. The second-order valence-corrected chi connectivity index (χ2v) is 4.79. The summed E-state index contributed by atoms with van der Waals surface area (Å²) in [5.41, 5.74) is 8.85. The monoisotopic (exact) mass is 282 g/mol. The number of benzene rings is 2. The third kappa shape index (κ3) is 4.35. The average Bonchev–Trinajstić information content (AvgIpc) is 2.45. The molecule has 21 heavy (non-hydrogen) atoms. The lowest BCUT2D eigenvalue weighted by Crippen LogP contribution is -2.28. The Hall–Kier alpha value is -2.82. The second kappa shape index (κ2) is 6.56. The fourth-order valence-corrected chi connectivity index (χ4v) is 1.88. The van der Waals surface area contributed by atoms with E-state index in [4.69, 9.17) is 11.1 Å². The maximum atomic E-state index is 11.8. The quantitative estimate of drug-likeness (QED) is 0.513. The first-order valence-corrected chi connectivity index (χ1v) is 6.59. The van der Waals surface area contributed by atoms with Gasteiger partial charge in [0.05, 0.1) is 0 Å². The van der Waals surface area contributed by atoms with E-state index in [0.717, 1.165) is 16.8 Å². The molecule has 0 aliphatic rings. The van der Waals surface area contributed by atoms with E-state index in [2.05, 4.69) is 10.6 Å². The van der Waals surface area contributed by atoms with Gasteiger partial charge in [0, 0.05) is 17.8 Å². The molecule has 2 rings (SSSR count). The number of hydrogen-bond acceptors (Lipinski definition) is 2. The van der Waals surface area contributed by atoms with Crippen LogP contribution in [0.4, 0.5) is 10.5 Å². The Labute approximate surface area is 123 Å². The predicted molar refractivity (Wildman–Crippen MR) is 84.5 cm³/mol. The van der Waals surface area contributed by atoms with Gasteiger partial charge in [0.25, 0.3) is 0 Å². The summed E-state index contributed by atoms with van der Waals surface area (Å²) in [6.45, 7) is 2.38. The minimum absolute atomic E-state index is 0.0340. The largest absolute Gasteiger partial charge is 0.384 e. The molecule has 5 N–H and O–H groups in total. The zero-order valence-corrected chi connectivity index (χ0v) is 11.8. The molecule has 0 aliphatic carbocycles. The molecule has 2 aromatic carbocycles. The number of rotatable bonds is 4. The van der Waals surface area contributed by atoms with Crippen LogP contribution in [-0.2, 0) is 6.54 Å². The van der Waals surface area contributed by atoms with Gasteiger partial charge >= 0.3 is 6.03 Å². The van der Waals surface area contributed by atoms with Gasteiger partial charge < -0.3 is 16.4 Å². The normalized spacial score (nSPS) is 9.95. The first-order chi connectivity index (χ1) is 10.0. The van der Waals surface area contributed by atoms with Gasteiger partial charge in [-0.05, 0) is 30.2 Å². The number of carbonyl (C=O) groups excluding carboxylic acids is 1. The van der Waals surface area contributed by atoms with Crippen molar-refractivity contribution < 1.29 is 4.79 Å². The summed E-state index contributed by atoms with van der Waals surface area (Å²) in [7, 11) is 0. The van der Waals surface area contributed by atoms with E-state index in [9.17, 15) is 4.79 Å². The van der Waals surface area contributed by atoms with Crippen LogP contribution < -0.4 is 16.4 Å². The molecule has 0 aromatic heterocycles. The second-order valence-electron chi connectivity index (χ2n) is 4.79. The summed E-state index contributed by atoms with van der Waals surface area (Å²) in [5, 5.41) is 12.9. The number of anilines is 1. The molecule has 0 aliphatic heterocycles. The topological polar surface area (TPSA) is 91.0 Å². The van der Waals surface area contributed by atoms with E-state index in [1.54, 1.807) is 12.1 Å². The van der Waals surface area contributed by atoms with E-state index in [1.807, 2.05) is 43.3 Å². The van der Waals surface area contributed by atoms with Crippen molar-refractivity contribution in [3.05, 3.63) is 65.2 Å². The number of nitrogens with two attached hydrogens (primary N) is 1. The molecular formula is C16H18N4O. The Morgan fingerprint density at radius 3 is 2.52 bits per heavy atom. The van der Waals surface area contributed by atoms with Crippen LogP contribution in [0.25, 0.3) is 0 Å². The summed E-state index contributed by atoms with van der Waals surface area (Å²) >= 11 is 0. The highest BCUT2D eigenvalue weighted by Crippen LogP contribution is 2.09. The van der Waals surface area contributed by atoms with Crippen LogP contribution in [0, 0.1) is 12.3 Å². The fourth-order valence-electron chi connectivity index (χ4n) is 1.88. The lowest BCUT2D eigenvalue weighted by atomic mass is 10.1. The molecule has 0 saturated heterocycles. The van der Waals surface area contributed by atoms with Crippen molar-refractivity contribution in [1.29, 1.82) is 5.41 Å². The van der Waals surface area contributed by atoms with Crippen LogP contribution >= 0.6 is 0 Å². The van der Waals surface area contributed by atoms with Crippen LogP contribution in [0.15, 0.2) is 48.5 Å². The minimum Gasteiger partial charge on any atom is -0.384 e. The molecule has 0 atom stereocenters. The number of amidine groups is 1. The average molecular weight is 282 g/mol. The van der Waals surface area contributed by atoms with E-state index < -0.39 is 0 Å². The summed E-state index contributed by atoms with van der Waals surface area (Å²) in [4.78, 5) is 11.8. The lowest BCUT2D eigenvalue weighted by Gasteiger charge is -2.08. The maximum absolute atomic E-state index is 11.8. The standard InChI is InChI=1S/C16H18N4O/c1-11-3-2-4-14(9-11)20-16(21)19-10-12-5-7-13(8-6-12)15(17)18/h2-9H,10H2,1H3,(H3,17,18)(H2,19,20,21). The number of amides is 2. The summed E-state index contributed by atoms with van der Waals surface area (Å²) in [5.74, 6) is 0.0340. The van der Waals surface area contributed by atoms with Crippen LogP contribution in [0.1, 0.15) is 16.7 Å². The lowest BCUT2D eigenvalue weighted by molar-refractivity contribution is 0.251. The van der Waals surface area contributed by atoms with Crippen molar-refractivity contribution in [3.63, 3.8) is 0 Å². The van der Waals surface area contributed by atoms with Crippen molar-refractivity contribution >= 4 is 17.6 Å². The Morgan fingerprint density at radius 2 is 1.90 bits per heavy atom. The Bertz CT molecular complexity index is 650. The van der Waals surface area contributed by atoms with Gasteiger partial charge in [-0.25, -0.2) is 4.79 Å². The molecule has 0 radical (unpaired) electrons. The third-order valence-electron chi connectivity index (χ3n) is 2.99. The molecule has 0 fully saturated rings. The summed E-state index contributed by atoms with van der Waals surface area (Å²) < 4.78 is 0. The zero-order valence-electron chi connectivity index (χ0n) is 11.8. The van der Waals surface area contributed by atoms with E-state index in [0.29, 0.717) is 12.1 Å². The highest BCUT2D eigenvalue weighted by molar-refractivity contribution is 5.94. The number of nitrogen functional groups attached to an aromatic ring is 1. The number of urea groups is 1. The van der Waals surface area contributed by atoms with Gasteiger partial charge in [0.2, 0.25) is 0 Å². The predicted octanol–water partition coefficient (Wildman–Crippen LogP) is 2.60. The van der Waals surface area contributed by atoms with Crippen molar-refractivity contribution in [3.8, 4) is 0 Å². The molecular weight excluding hydrogens is 264 g/mol. The van der Waals surface area contributed by atoms with Gasteiger partial charge in [-0.2, -0.15) is 0 Å². The zero-order chi connectivity index (χ0) is 15.2. The summed E-state index contributed by atoms with van der Waals surface area (Å²) in [6, 6.07) is 14.6. The van der Waals surface area contributed by atoms with Crippen LogP contribution in [0.3, 0.4) is 0 Å². The highest BCUT2D eigenvalue weighted by Gasteiger charge is 2.02. The maximum Gasteiger partial charge on any atom is 0.319 e. The van der Waals surface area contributed by atoms with Gasteiger partial charge in [0.1, 0.15) is 5.84 Å². The van der Waals surface area contributed by atoms with Crippen molar-refractivity contribution in [2.75, 3.05) is 5.32 Å². The van der Waals surface area contributed by atoms with E-state index in [1.165, 1.54) is 0 Å². The Morgan fingerprint density at radius 1 is 1.19 bits per heavy atom. The van der Waals surface area contributed by atoms with Crippen LogP contribution in [0.5, 0.6) is 0 Å². The third-order valence-corrected chi connectivity index (χ3v) is 2.99. The van der Waals surface area contributed by atoms with Gasteiger partial charge in [0.15, 0.2) is 0 Å². The van der Waals surface area contributed by atoms with E-state index in [-0.39, 0.29) is 11.9 Å². The van der Waals surface area contributed by atoms with Crippen LogP contribution in [0.2, 0.25) is 0 Å². The van der Waals surface area contributed by atoms with Crippen molar-refractivity contribution in [2.45, 2.75) is 13.5 Å². The molecule has 2 amide bonds. The molecule has 0 bridgehead atoms.